The average molecular weight is 410 g/mol. The van der Waals surface area contributed by atoms with Crippen LogP contribution in [-0.4, -0.2) is 35.8 Å². The Morgan fingerprint density at radius 2 is 1.24 bits per heavy atom. The van der Waals surface area contributed by atoms with Gasteiger partial charge in [-0.25, -0.2) is 0 Å². The summed E-state index contributed by atoms with van der Waals surface area (Å²) in [6, 6.07) is 0.792. The highest BCUT2D eigenvalue weighted by Gasteiger charge is 2.17. The Bertz CT molecular complexity index is 461. The fourth-order valence-corrected chi connectivity index (χ4v) is 3.90. The summed E-state index contributed by atoms with van der Waals surface area (Å²) in [6.07, 6.45) is 15.3. The molecule has 0 aromatic rings. The molecule has 0 N–H and O–H groups in total. The predicted octanol–water partition coefficient (Wildman–Crippen LogP) is 6.82. The van der Waals surface area contributed by atoms with Crippen molar-refractivity contribution in [3.05, 3.63) is 11.8 Å². The van der Waals surface area contributed by atoms with Crippen molar-refractivity contribution in [2.75, 3.05) is 7.11 Å². The third-order valence-electron chi connectivity index (χ3n) is 5.34. The molecule has 0 bridgehead atoms. The van der Waals surface area contributed by atoms with Gasteiger partial charge in [-0.1, -0.05) is 51.9 Å². The molecule has 0 atom stereocenters. The van der Waals surface area contributed by atoms with Gasteiger partial charge in [0.15, 0.2) is 5.78 Å². The Morgan fingerprint density at radius 3 is 1.76 bits per heavy atom. The Hall–Kier alpha value is -1.32. The lowest BCUT2D eigenvalue weighted by molar-refractivity contribution is -0.140. The first-order valence-electron chi connectivity index (χ1n) is 11.9. The molecule has 4 nitrogen and oxygen atoms in total. The quantitative estimate of drug-likeness (QED) is 0.141. The van der Waals surface area contributed by atoms with Crippen LogP contribution in [0.5, 0.6) is 0 Å². The number of ether oxygens (including phenoxy) is 1. The number of rotatable bonds is 18. The number of ketones is 1. The number of hydrogen-bond donors (Lipinski definition) is 0. The average Bonchev–Trinajstić information content (AvgIpc) is 2.66. The molecular weight excluding hydrogens is 362 g/mol. The Morgan fingerprint density at radius 1 is 0.759 bits per heavy atom. The van der Waals surface area contributed by atoms with Crippen LogP contribution >= 0.6 is 0 Å². The predicted molar refractivity (Wildman–Crippen MR) is 123 cm³/mol. The zero-order valence-electron chi connectivity index (χ0n) is 20.1. The topological polar surface area (TPSA) is 46.6 Å². The minimum Gasteiger partial charge on any atom is -0.469 e. The van der Waals surface area contributed by atoms with E-state index in [1.807, 2.05) is 6.08 Å². The van der Waals surface area contributed by atoms with Gasteiger partial charge in [0.2, 0.25) is 0 Å². The zero-order valence-corrected chi connectivity index (χ0v) is 20.1. The minimum absolute atomic E-state index is 0.110. The van der Waals surface area contributed by atoms with Gasteiger partial charge < -0.3 is 9.64 Å². The van der Waals surface area contributed by atoms with Crippen LogP contribution in [0.1, 0.15) is 118 Å². The van der Waals surface area contributed by atoms with Crippen LogP contribution in [0, 0.1) is 0 Å². The molecule has 0 spiro atoms. The van der Waals surface area contributed by atoms with Crippen molar-refractivity contribution in [1.82, 2.24) is 4.90 Å². The van der Waals surface area contributed by atoms with Crippen LogP contribution in [-0.2, 0) is 14.3 Å². The van der Waals surface area contributed by atoms with Crippen LogP contribution in [0.4, 0.5) is 0 Å². The first-order chi connectivity index (χ1) is 13.8. The summed E-state index contributed by atoms with van der Waals surface area (Å²) in [6.45, 7) is 11.0. The van der Waals surface area contributed by atoms with Crippen LogP contribution in [0.15, 0.2) is 11.8 Å². The smallest absolute Gasteiger partial charge is 0.305 e. The van der Waals surface area contributed by atoms with Gasteiger partial charge >= 0.3 is 5.97 Å². The van der Waals surface area contributed by atoms with Gasteiger partial charge in [0, 0.05) is 36.7 Å². The largest absolute Gasteiger partial charge is 0.469 e. The second kappa shape index (κ2) is 17.5. The summed E-state index contributed by atoms with van der Waals surface area (Å²) in [4.78, 5) is 26.0. The number of allylic oxidation sites excluding steroid dienone is 2. The number of carbonyl (C=O) groups is 2. The normalized spacial score (nSPS) is 11.9. The number of carbonyl (C=O) groups excluding carboxylic acids is 2. The Balaban J connectivity index is 4.51. The van der Waals surface area contributed by atoms with Gasteiger partial charge in [0.05, 0.1) is 7.11 Å². The molecule has 0 aromatic carbocycles. The SMILES string of the molecule is CCCCCCC(=O)/C=C(\CCCCCCCCC(=O)OC)N(C(C)C)C(C)C. The number of hydrogen-bond acceptors (Lipinski definition) is 4. The molecule has 0 fully saturated rings. The molecule has 0 amide bonds. The van der Waals surface area contributed by atoms with E-state index < -0.39 is 0 Å². The van der Waals surface area contributed by atoms with Gasteiger partial charge in [-0.05, 0) is 53.4 Å². The van der Waals surface area contributed by atoms with Crippen LogP contribution in [0.2, 0.25) is 0 Å². The number of methoxy groups -OCH3 is 1. The lowest BCUT2D eigenvalue weighted by Gasteiger charge is -2.35. The standard InChI is InChI=1S/C25H47NO3/c1-7-8-9-15-18-24(27)20-23(26(21(2)3)22(4)5)17-14-12-10-11-13-16-19-25(28)29-6/h20-22H,7-19H2,1-6H3/b23-20+. The maximum absolute atomic E-state index is 12.5. The van der Waals surface area contributed by atoms with Gasteiger partial charge in [-0.2, -0.15) is 0 Å². The number of unbranched alkanes of at least 4 members (excludes halogenated alkanes) is 8. The van der Waals surface area contributed by atoms with Gasteiger partial charge in [-0.3, -0.25) is 9.59 Å². The van der Waals surface area contributed by atoms with Crippen LogP contribution < -0.4 is 0 Å². The fourth-order valence-electron chi connectivity index (χ4n) is 3.90. The van der Waals surface area contributed by atoms with E-state index in [2.05, 4.69) is 44.3 Å². The van der Waals surface area contributed by atoms with Gasteiger partial charge in [0.25, 0.3) is 0 Å². The highest BCUT2D eigenvalue weighted by Crippen LogP contribution is 2.21. The lowest BCUT2D eigenvalue weighted by Crippen LogP contribution is -2.36. The molecule has 0 saturated heterocycles. The molecular formula is C25H47NO3. The minimum atomic E-state index is -0.110. The van der Waals surface area contributed by atoms with E-state index in [4.69, 9.17) is 0 Å². The van der Waals surface area contributed by atoms with Crippen molar-refractivity contribution in [3.8, 4) is 0 Å². The van der Waals surface area contributed by atoms with Crippen LogP contribution in [0.25, 0.3) is 0 Å². The number of esters is 1. The summed E-state index contributed by atoms with van der Waals surface area (Å²) >= 11 is 0. The third kappa shape index (κ3) is 14.3. The van der Waals surface area contributed by atoms with Crippen molar-refractivity contribution >= 4 is 11.8 Å². The summed E-state index contributed by atoms with van der Waals surface area (Å²) in [7, 11) is 1.45. The highest BCUT2D eigenvalue weighted by atomic mass is 16.5. The molecule has 0 aliphatic rings. The summed E-state index contributed by atoms with van der Waals surface area (Å²) in [5.41, 5.74) is 1.21. The van der Waals surface area contributed by atoms with Gasteiger partial charge in [-0.15, -0.1) is 0 Å². The van der Waals surface area contributed by atoms with Crippen molar-refractivity contribution < 1.29 is 14.3 Å². The first-order valence-corrected chi connectivity index (χ1v) is 11.9. The molecule has 0 radical (unpaired) electrons. The van der Waals surface area contributed by atoms with E-state index in [0.29, 0.717) is 24.9 Å². The Labute approximate surface area is 180 Å². The molecule has 4 heteroatoms. The van der Waals surface area contributed by atoms with Crippen LogP contribution in [0.3, 0.4) is 0 Å². The van der Waals surface area contributed by atoms with Gasteiger partial charge in [0.1, 0.15) is 0 Å². The monoisotopic (exact) mass is 409 g/mol. The van der Waals surface area contributed by atoms with Crippen molar-refractivity contribution in [2.45, 2.75) is 130 Å². The third-order valence-corrected chi connectivity index (χ3v) is 5.34. The summed E-state index contributed by atoms with van der Waals surface area (Å²) in [5, 5.41) is 0. The maximum atomic E-state index is 12.5. The van der Waals surface area contributed by atoms with E-state index in [1.165, 1.54) is 38.5 Å². The molecule has 0 unspecified atom stereocenters. The van der Waals surface area contributed by atoms with Crippen molar-refractivity contribution in [2.24, 2.45) is 0 Å². The molecule has 0 saturated carbocycles. The first kappa shape index (κ1) is 27.7. The van der Waals surface area contributed by atoms with Crippen molar-refractivity contribution in [3.63, 3.8) is 0 Å². The molecule has 0 aliphatic carbocycles. The molecule has 0 aliphatic heterocycles. The fraction of sp³-hybridized carbons (Fsp3) is 0.840. The molecule has 0 heterocycles. The molecule has 29 heavy (non-hydrogen) atoms. The molecule has 0 rings (SSSR count). The number of nitrogens with zero attached hydrogens (tertiary/aromatic N) is 1. The van der Waals surface area contributed by atoms with E-state index >= 15 is 0 Å². The summed E-state index contributed by atoms with van der Waals surface area (Å²) in [5.74, 6) is 0.173. The van der Waals surface area contributed by atoms with Crippen molar-refractivity contribution in [1.29, 1.82) is 0 Å². The summed E-state index contributed by atoms with van der Waals surface area (Å²) < 4.78 is 4.67. The van der Waals surface area contributed by atoms with E-state index in [-0.39, 0.29) is 11.8 Å². The second-order valence-corrected chi connectivity index (χ2v) is 8.70. The maximum Gasteiger partial charge on any atom is 0.305 e. The highest BCUT2D eigenvalue weighted by molar-refractivity contribution is 5.90. The Kier molecular flexibility index (Phi) is 16.7. The molecule has 0 aromatic heterocycles. The second-order valence-electron chi connectivity index (χ2n) is 8.70. The van der Waals surface area contributed by atoms with E-state index in [1.54, 1.807) is 0 Å². The zero-order chi connectivity index (χ0) is 22.1. The van der Waals surface area contributed by atoms with E-state index in [0.717, 1.165) is 44.9 Å². The molecule has 170 valence electrons. The lowest BCUT2D eigenvalue weighted by atomic mass is 10.0. The van der Waals surface area contributed by atoms with E-state index in [9.17, 15) is 9.59 Å².